The van der Waals surface area contributed by atoms with Gasteiger partial charge in [0.2, 0.25) is 0 Å². The van der Waals surface area contributed by atoms with E-state index in [1.54, 1.807) is 0 Å². The first-order valence-electron chi connectivity index (χ1n) is 6.05. The Morgan fingerprint density at radius 1 is 0.583 bits per heavy atom. The fourth-order valence-electron chi connectivity index (χ4n) is 1.89. The Kier molecular flexibility index (Phi) is 6.58. The number of rotatable bonds is 6. The van der Waals surface area contributed by atoms with Crippen LogP contribution in [0.4, 0.5) is 39.5 Å². The summed E-state index contributed by atoms with van der Waals surface area (Å²) in [6.07, 6.45) is -20.2. The van der Waals surface area contributed by atoms with Gasteiger partial charge < -0.3 is 0 Å². The minimum atomic E-state index is -6.95. The van der Waals surface area contributed by atoms with Gasteiger partial charge in [-0.2, -0.15) is 35.1 Å². The van der Waals surface area contributed by atoms with Crippen LogP contribution in [0.2, 0.25) is 0 Å². The smallest absolute Gasteiger partial charge is 0.229 e. The lowest BCUT2D eigenvalue weighted by molar-refractivity contribution is -0.433. The summed E-state index contributed by atoms with van der Waals surface area (Å²) in [6.45, 7) is 0. The summed E-state index contributed by atoms with van der Waals surface area (Å²) in [5, 5.41) is 0. The highest BCUT2D eigenvalue weighted by molar-refractivity contribution is 8.23. The molecule has 0 fully saturated rings. The summed E-state index contributed by atoms with van der Waals surface area (Å²) >= 11 is 0. The van der Waals surface area contributed by atoms with Gasteiger partial charge in [0.1, 0.15) is 0 Å². The largest absolute Gasteiger partial charge is 0.440 e. The Hall–Kier alpha value is -0.440. The van der Waals surface area contributed by atoms with Gasteiger partial charge in [-0.25, -0.2) is 21.5 Å². The Morgan fingerprint density at radius 3 is 1.00 bits per heavy atom. The topological polar surface area (TPSA) is 19.0 Å². The quantitative estimate of drug-likeness (QED) is 0.636. The van der Waals surface area contributed by atoms with Crippen LogP contribution in [0.1, 0.15) is 0 Å². The molecule has 0 aromatic heterocycles. The van der Waals surface area contributed by atoms with Gasteiger partial charge in [0.15, 0.2) is 0 Å². The van der Waals surface area contributed by atoms with Crippen molar-refractivity contribution in [1.29, 1.82) is 0 Å². The van der Waals surface area contributed by atoms with Crippen LogP contribution in [-0.2, 0) is 4.18 Å². The predicted octanol–water partition coefficient (Wildman–Crippen LogP) is 3.58. The molecule has 0 N–H and O–H groups in total. The second-order valence-corrected chi connectivity index (χ2v) is 8.45. The molecule has 148 valence electrons. The van der Waals surface area contributed by atoms with E-state index in [2.05, 4.69) is 4.18 Å². The van der Waals surface area contributed by atoms with Gasteiger partial charge in [-0.3, -0.25) is 0 Å². The lowest BCUT2D eigenvalue weighted by atomic mass is 10.0. The first-order chi connectivity index (χ1) is 10.3. The molecule has 24 heavy (non-hydrogen) atoms. The minimum Gasteiger partial charge on any atom is -0.229 e. The van der Waals surface area contributed by atoms with Crippen molar-refractivity contribution < 1.29 is 43.7 Å². The van der Waals surface area contributed by atoms with Gasteiger partial charge in [0.05, 0.1) is 10.9 Å². The SMILES string of the molecule is CN(C)S(OC(F)(F)C(F)(C(F)(F)F)C(F)(F)F)(N(C)C)N(C)C. The van der Waals surface area contributed by atoms with Gasteiger partial charge >= 0.3 is 24.1 Å². The maximum absolute atomic E-state index is 13.9. The number of nitrogens with zero attached hydrogens (tertiary/aromatic N) is 3. The van der Waals surface area contributed by atoms with Crippen molar-refractivity contribution in [2.24, 2.45) is 0 Å². The highest BCUT2D eigenvalue weighted by Crippen LogP contribution is 2.63. The fourth-order valence-corrected chi connectivity index (χ4v) is 4.69. The van der Waals surface area contributed by atoms with Gasteiger partial charge in [0.25, 0.3) is 0 Å². The summed E-state index contributed by atoms with van der Waals surface area (Å²) in [4.78, 5) is 0. The Labute approximate surface area is 135 Å². The molecule has 0 amide bonds. The molecule has 0 aliphatic rings. The van der Waals surface area contributed by atoms with Crippen LogP contribution in [0.15, 0.2) is 0 Å². The second-order valence-electron chi connectivity index (χ2n) is 5.16. The van der Waals surface area contributed by atoms with Crippen LogP contribution in [0.5, 0.6) is 0 Å². The molecule has 0 radical (unpaired) electrons. The van der Waals surface area contributed by atoms with Crippen LogP contribution < -0.4 is 0 Å². The van der Waals surface area contributed by atoms with Crippen molar-refractivity contribution in [3.8, 4) is 0 Å². The number of alkyl halides is 9. The molecule has 0 spiro atoms. The van der Waals surface area contributed by atoms with Crippen LogP contribution in [0.3, 0.4) is 0 Å². The molecule has 0 aromatic carbocycles. The number of hydrogen-bond acceptors (Lipinski definition) is 4. The monoisotopic (exact) mass is 399 g/mol. The molecule has 0 atom stereocenters. The second kappa shape index (κ2) is 6.70. The summed E-state index contributed by atoms with van der Waals surface area (Å²) in [5.74, 6) is 0. The van der Waals surface area contributed by atoms with Gasteiger partial charge in [-0.15, -0.1) is 0 Å². The van der Waals surface area contributed by atoms with E-state index in [9.17, 15) is 39.5 Å². The maximum atomic E-state index is 13.9. The molecule has 0 heterocycles. The number of halogens is 9. The van der Waals surface area contributed by atoms with Crippen molar-refractivity contribution in [3.63, 3.8) is 0 Å². The van der Waals surface area contributed by atoms with Crippen molar-refractivity contribution in [3.05, 3.63) is 0 Å². The van der Waals surface area contributed by atoms with Crippen LogP contribution in [0.25, 0.3) is 0 Å². The zero-order valence-corrected chi connectivity index (χ0v) is 14.4. The van der Waals surface area contributed by atoms with Crippen molar-refractivity contribution in [1.82, 2.24) is 12.9 Å². The Morgan fingerprint density at radius 2 is 0.833 bits per heavy atom. The van der Waals surface area contributed by atoms with Crippen LogP contribution in [0, 0.1) is 0 Å². The van der Waals surface area contributed by atoms with E-state index in [0.717, 1.165) is 55.2 Å². The average molecular weight is 399 g/mol. The van der Waals surface area contributed by atoms with E-state index in [1.165, 1.54) is 0 Å². The Balaban J connectivity index is 6.39. The van der Waals surface area contributed by atoms with Crippen molar-refractivity contribution >= 4 is 10.9 Å². The lowest BCUT2D eigenvalue weighted by Crippen LogP contribution is -2.66. The molecule has 0 saturated carbocycles. The van der Waals surface area contributed by atoms with Crippen LogP contribution in [-0.4, -0.2) is 79.3 Å². The van der Waals surface area contributed by atoms with E-state index < -0.39 is 35.0 Å². The third-order valence-corrected chi connectivity index (χ3v) is 6.11. The average Bonchev–Trinajstić information content (AvgIpc) is 2.30. The highest BCUT2D eigenvalue weighted by Gasteiger charge is 2.86. The summed E-state index contributed by atoms with van der Waals surface area (Å²) in [6, 6.07) is 0. The zero-order valence-electron chi connectivity index (χ0n) is 13.6. The molecule has 0 aliphatic heterocycles. The molecule has 14 heteroatoms. The zero-order chi connectivity index (χ0) is 19.9. The minimum absolute atomic E-state index is 0.841. The highest BCUT2D eigenvalue weighted by atomic mass is 32.3. The lowest BCUT2D eigenvalue weighted by Gasteiger charge is -2.54. The molecule has 0 aliphatic carbocycles. The van der Waals surface area contributed by atoms with E-state index in [4.69, 9.17) is 0 Å². The summed E-state index contributed by atoms with van der Waals surface area (Å²) in [7, 11) is 2.84. The van der Waals surface area contributed by atoms with E-state index >= 15 is 0 Å². The van der Waals surface area contributed by atoms with E-state index in [0.29, 0.717) is 0 Å². The van der Waals surface area contributed by atoms with Crippen molar-refractivity contribution in [2.75, 3.05) is 42.3 Å². The predicted molar refractivity (Wildman–Crippen MR) is 70.6 cm³/mol. The van der Waals surface area contributed by atoms with E-state index in [-0.39, 0.29) is 0 Å². The van der Waals surface area contributed by atoms with Crippen molar-refractivity contribution in [2.45, 2.75) is 24.1 Å². The third kappa shape index (κ3) is 3.57. The van der Waals surface area contributed by atoms with Crippen LogP contribution >= 0.6 is 10.9 Å². The molecular weight excluding hydrogens is 381 g/mol. The normalized spacial score (nSPS) is 16.4. The molecule has 0 saturated heterocycles. The molecule has 4 nitrogen and oxygen atoms in total. The molecule has 0 rings (SSSR count). The standard InChI is InChI=1S/C10H18F9N3OS/c1-20(2)24(21(3)4,22(5)6)23-10(18,19)7(11,8(12,13)14)9(15,16)17/h1-6H3. The van der Waals surface area contributed by atoms with Gasteiger partial charge in [-0.05, 0) is 42.3 Å². The van der Waals surface area contributed by atoms with Gasteiger partial charge in [-0.1, -0.05) is 0 Å². The number of hydrogen-bond donors (Lipinski definition) is 0. The Bertz CT molecular complexity index is 400. The first kappa shape index (κ1) is 23.6. The molecule has 0 unspecified atom stereocenters. The first-order valence-corrected chi connectivity index (χ1v) is 7.48. The fraction of sp³-hybridized carbons (Fsp3) is 1.00. The summed E-state index contributed by atoms with van der Waals surface area (Å²) < 4.78 is 124. The molecular formula is C10H18F9N3OS. The van der Waals surface area contributed by atoms with E-state index in [1.807, 2.05) is 0 Å². The summed E-state index contributed by atoms with van der Waals surface area (Å²) in [5.41, 5.74) is -6.88. The maximum Gasteiger partial charge on any atom is 0.440 e. The molecule has 0 aromatic rings. The molecule has 0 bridgehead atoms. The third-order valence-electron chi connectivity index (χ3n) is 2.83. The van der Waals surface area contributed by atoms with Gasteiger partial charge in [0, 0.05) is 0 Å².